The molecule has 0 aliphatic rings. The van der Waals surface area contributed by atoms with E-state index in [2.05, 4.69) is 63.3 Å². The molecule has 0 radical (unpaired) electrons. The van der Waals surface area contributed by atoms with E-state index < -0.39 is 0 Å². The lowest BCUT2D eigenvalue weighted by atomic mass is 10.1. The standard InChI is InChI=1S/C15H20/c1-13(2)14(3)9-7-8-12-15-10-5-4-6-11-15/h4-7,9-11H,8,12H2,1-3H3/b9-7+. The molecule has 0 atom stereocenters. The Hall–Kier alpha value is -1.30. The lowest BCUT2D eigenvalue weighted by Crippen LogP contribution is -1.81. The second kappa shape index (κ2) is 6.23. The smallest absolute Gasteiger partial charge is 0.0244 e. The van der Waals surface area contributed by atoms with E-state index in [-0.39, 0.29) is 0 Å². The van der Waals surface area contributed by atoms with Crippen molar-refractivity contribution >= 4 is 0 Å². The van der Waals surface area contributed by atoms with E-state index in [9.17, 15) is 0 Å². The van der Waals surface area contributed by atoms with Gasteiger partial charge in [0.1, 0.15) is 0 Å². The van der Waals surface area contributed by atoms with Gasteiger partial charge in [0, 0.05) is 0 Å². The van der Waals surface area contributed by atoms with E-state index in [1.807, 2.05) is 0 Å². The maximum Gasteiger partial charge on any atom is -0.0244 e. The Morgan fingerprint density at radius 2 is 1.73 bits per heavy atom. The molecule has 15 heavy (non-hydrogen) atoms. The first-order valence-corrected chi connectivity index (χ1v) is 5.54. The predicted octanol–water partition coefficient (Wildman–Crippen LogP) is 4.53. The van der Waals surface area contributed by atoms with Crippen molar-refractivity contribution in [3.05, 3.63) is 59.2 Å². The average Bonchev–Trinajstić information content (AvgIpc) is 2.25. The molecule has 0 bridgehead atoms. The van der Waals surface area contributed by atoms with Gasteiger partial charge in [0.2, 0.25) is 0 Å². The first kappa shape index (κ1) is 11.8. The van der Waals surface area contributed by atoms with Crippen LogP contribution >= 0.6 is 0 Å². The highest BCUT2D eigenvalue weighted by Gasteiger charge is 1.89. The first-order chi connectivity index (χ1) is 7.20. The van der Waals surface area contributed by atoms with Crippen LogP contribution < -0.4 is 0 Å². The molecule has 0 aromatic heterocycles. The zero-order valence-electron chi connectivity index (χ0n) is 9.96. The van der Waals surface area contributed by atoms with Crippen molar-refractivity contribution in [1.29, 1.82) is 0 Å². The predicted molar refractivity (Wildman–Crippen MR) is 68.0 cm³/mol. The molecule has 0 unspecified atom stereocenters. The monoisotopic (exact) mass is 200 g/mol. The number of aryl methyl sites for hydroxylation is 1. The lowest BCUT2D eigenvalue weighted by Gasteiger charge is -1.98. The van der Waals surface area contributed by atoms with Crippen LogP contribution in [0.5, 0.6) is 0 Å². The van der Waals surface area contributed by atoms with Crippen LogP contribution in [0.25, 0.3) is 0 Å². The molecule has 0 nitrogen and oxygen atoms in total. The van der Waals surface area contributed by atoms with Crippen molar-refractivity contribution in [3.63, 3.8) is 0 Å². The largest absolute Gasteiger partial charge is 0.0839 e. The molecular weight excluding hydrogens is 180 g/mol. The van der Waals surface area contributed by atoms with Crippen LogP contribution in [0, 0.1) is 0 Å². The molecule has 0 fully saturated rings. The summed E-state index contributed by atoms with van der Waals surface area (Å²) in [6.45, 7) is 6.46. The van der Waals surface area contributed by atoms with E-state index in [0.29, 0.717) is 0 Å². The van der Waals surface area contributed by atoms with E-state index in [0.717, 1.165) is 12.8 Å². The van der Waals surface area contributed by atoms with Crippen molar-refractivity contribution in [1.82, 2.24) is 0 Å². The molecule has 0 N–H and O–H groups in total. The van der Waals surface area contributed by atoms with Gasteiger partial charge >= 0.3 is 0 Å². The summed E-state index contributed by atoms with van der Waals surface area (Å²) >= 11 is 0. The van der Waals surface area contributed by atoms with Crippen LogP contribution in [0.2, 0.25) is 0 Å². The zero-order valence-corrected chi connectivity index (χ0v) is 9.96. The minimum Gasteiger partial charge on any atom is -0.0839 e. The number of rotatable bonds is 4. The Labute approximate surface area is 93.3 Å². The summed E-state index contributed by atoms with van der Waals surface area (Å²) in [5.74, 6) is 0. The molecule has 80 valence electrons. The fourth-order valence-corrected chi connectivity index (χ4v) is 1.32. The molecule has 0 spiro atoms. The van der Waals surface area contributed by atoms with Crippen LogP contribution in [0.4, 0.5) is 0 Å². The molecule has 1 aromatic rings. The van der Waals surface area contributed by atoms with Crippen LogP contribution in [0.3, 0.4) is 0 Å². The SMILES string of the molecule is CC(C)=C(C)/C=C/CCc1ccccc1. The number of hydrogen-bond donors (Lipinski definition) is 0. The third kappa shape index (κ3) is 4.64. The quantitative estimate of drug-likeness (QED) is 0.626. The van der Waals surface area contributed by atoms with Crippen LogP contribution in [-0.4, -0.2) is 0 Å². The number of allylic oxidation sites excluding steroid dienone is 4. The van der Waals surface area contributed by atoms with Gasteiger partial charge in [-0.3, -0.25) is 0 Å². The Kier molecular flexibility index (Phi) is 4.89. The Morgan fingerprint density at radius 3 is 2.33 bits per heavy atom. The third-order valence-corrected chi connectivity index (χ3v) is 2.60. The maximum absolute atomic E-state index is 2.26. The van der Waals surface area contributed by atoms with Crippen molar-refractivity contribution in [2.45, 2.75) is 33.6 Å². The Morgan fingerprint density at radius 1 is 1.07 bits per heavy atom. The van der Waals surface area contributed by atoms with E-state index >= 15 is 0 Å². The molecule has 0 amide bonds. The van der Waals surface area contributed by atoms with Gasteiger partial charge in [-0.15, -0.1) is 0 Å². The Balaban J connectivity index is 2.37. The van der Waals surface area contributed by atoms with Gasteiger partial charge in [-0.2, -0.15) is 0 Å². The van der Waals surface area contributed by atoms with Crippen LogP contribution in [0.1, 0.15) is 32.8 Å². The van der Waals surface area contributed by atoms with Crippen molar-refractivity contribution in [2.75, 3.05) is 0 Å². The summed E-state index contributed by atoms with van der Waals surface area (Å²) in [4.78, 5) is 0. The molecule has 1 aromatic carbocycles. The molecule has 1 rings (SSSR count). The van der Waals surface area contributed by atoms with Gasteiger partial charge in [0.05, 0.1) is 0 Å². The summed E-state index contributed by atoms with van der Waals surface area (Å²) < 4.78 is 0. The van der Waals surface area contributed by atoms with Gasteiger partial charge in [0.25, 0.3) is 0 Å². The summed E-state index contributed by atoms with van der Waals surface area (Å²) in [6.07, 6.45) is 6.73. The van der Waals surface area contributed by atoms with E-state index in [1.54, 1.807) is 0 Å². The van der Waals surface area contributed by atoms with Crippen molar-refractivity contribution < 1.29 is 0 Å². The van der Waals surface area contributed by atoms with Crippen LogP contribution in [-0.2, 0) is 6.42 Å². The molecule has 0 saturated carbocycles. The summed E-state index contributed by atoms with van der Waals surface area (Å²) in [7, 11) is 0. The number of hydrogen-bond acceptors (Lipinski definition) is 0. The minimum absolute atomic E-state index is 1.12. The highest BCUT2D eigenvalue weighted by Crippen LogP contribution is 2.06. The van der Waals surface area contributed by atoms with Crippen molar-refractivity contribution in [2.24, 2.45) is 0 Å². The van der Waals surface area contributed by atoms with Gasteiger partial charge in [-0.05, 0) is 39.2 Å². The summed E-state index contributed by atoms with van der Waals surface area (Å²) in [6, 6.07) is 10.6. The van der Waals surface area contributed by atoms with Crippen LogP contribution in [0.15, 0.2) is 53.6 Å². The fraction of sp³-hybridized carbons (Fsp3) is 0.333. The molecule has 0 saturated heterocycles. The van der Waals surface area contributed by atoms with Gasteiger partial charge < -0.3 is 0 Å². The van der Waals surface area contributed by atoms with E-state index in [1.165, 1.54) is 16.7 Å². The molecular formula is C15H20. The Bertz CT molecular complexity index is 338. The fourth-order valence-electron chi connectivity index (χ4n) is 1.32. The zero-order chi connectivity index (χ0) is 11.1. The minimum atomic E-state index is 1.12. The topological polar surface area (TPSA) is 0 Å². The molecule has 0 heterocycles. The first-order valence-electron chi connectivity index (χ1n) is 5.54. The second-order valence-corrected chi connectivity index (χ2v) is 4.11. The van der Waals surface area contributed by atoms with E-state index in [4.69, 9.17) is 0 Å². The summed E-state index contributed by atoms with van der Waals surface area (Å²) in [5, 5.41) is 0. The number of benzene rings is 1. The normalized spacial score (nSPS) is 10.6. The average molecular weight is 200 g/mol. The highest BCUT2D eigenvalue weighted by molar-refractivity contribution is 5.21. The maximum atomic E-state index is 2.26. The van der Waals surface area contributed by atoms with Gasteiger partial charge in [-0.25, -0.2) is 0 Å². The highest BCUT2D eigenvalue weighted by atomic mass is 13.9. The molecule has 0 aliphatic heterocycles. The third-order valence-electron chi connectivity index (χ3n) is 2.60. The van der Waals surface area contributed by atoms with Gasteiger partial charge in [-0.1, -0.05) is 53.6 Å². The molecule has 0 aliphatic carbocycles. The second-order valence-electron chi connectivity index (χ2n) is 4.11. The van der Waals surface area contributed by atoms with Crippen molar-refractivity contribution in [3.8, 4) is 0 Å². The van der Waals surface area contributed by atoms with Gasteiger partial charge in [0.15, 0.2) is 0 Å². The molecule has 0 heteroatoms. The lowest BCUT2D eigenvalue weighted by molar-refractivity contribution is 0.999. The summed E-state index contributed by atoms with van der Waals surface area (Å²) in [5.41, 5.74) is 4.19.